The van der Waals surface area contributed by atoms with Gasteiger partial charge < -0.3 is 33.2 Å². The molecule has 0 amide bonds. The lowest BCUT2D eigenvalue weighted by atomic mass is 9.83. The van der Waals surface area contributed by atoms with Crippen LogP contribution in [0.3, 0.4) is 0 Å². The summed E-state index contributed by atoms with van der Waals surface area (Å²) < 4.78 is 45.6. The second-order valence-electron chi connectivity index (χ2n) is 11.6. The fourth-order valence-corrected chi connectivity index (χ4v) is 5.83. The van der Waals surface area contributed by atoms with Crippen LogP contribution in [0.2, 0.25) is 0 Å². The van der Waals surface area contributed by atoms with Crippen molar-refractivity contribution < 1.29 is 33.2 Å². The standard InChI is InChI=1S/C41H46O7/c1-4-25-43-36-38(45-27-31-15-9-6-10-16-31)39(46-28-32-17-11-7-12-18-32)37(44-26-5-2)41(40(36)47-29-33-19-13-8-14-20-33)48-30-34-21-23-35(42-3)24-22-34/h4-24,36-41H,1-2,25-30H2,3H3/t36-,37-,38-,39+,40+,41+/m0/s1. The van der Waals surface area contributed by atoms with Crippen molar-refractivity contribution in [2.24, 2.45) is 0 Å². The molecule has 48 heavy (non-hydrogen) atoms. The maximum absolute atomic E-state index is 6.79. The Morgan fingerprint density at radius 2 is 0.708 bits per heavy atom. The van der Waals surface area contributed by atoms with Gasteiger partial charge in [0.1, 0.15) is 42.4 Å². The lowest BCUT2D eigenvalue weighted by Crippen LogP contribution is -2.67. The Balaban J connectivity index is 1.53. The summed E-state index contributed by atoms with van der Waals surface area (Å²) in [5.41, 5.74) is 4.07. The second-order valence-corrected chi connectivity index (χ2v) is 11.6. The van der Waals surface area contributed by atoms with E-state index in [2.05, 4.69) is 13.2 Å². The topological polar surface area (TPSA) is 64.6 Å². The molecule has 0 aromatic heterocycles. The van der Waals surface area contributed by atoms with Gasteiger partial charge in [0.15, 0.2) is 0 Å². The van der Waals surface area contributed by atoms with Gasteiger partial charge in [-0.25, -0.2) is 0 Å². The summed E-state index contributed by atoms with van der Waals surface area (Å²) in [5, 5.41) is 0. The van der Waals surface area contributed by atoms with Crippen LogP contribution in [0.25, 0.3) is 0 Å². The van der Waals surface area contributed by atoms with Crippen molar-refractivity contribution in [3.63, 3.8) is 0 Å². The molecule has 0 aliphatic heterocycles. The van der Waals surface area contributed by atoms with Gasteiger partial charge >= 0.3 is 0 Å². The number of rotatable bonds is 19. The molecule has 4 aromatic carbocycles. The van der Waals surface area contributed by atoms with Crippen molar-refractivity contribution in [1.29, 1.82) is 0 Å². The Hall–Kier alpha value is -4.08. The first-order valence-electron chi connectivity index (χ1n) is 16.4. The summed E-state index contributed by atoms with van der Waals surface area (Å²) in [4.78, 5) is 0. The minimum absolute atomic E-state index is 0.285. The summed E-state index contributed by atoms with van der Waals surface area (Å²) in [7, 11) is 1.65. The highest BCUT2D eigenvalue weighted by molar-refractivity contribution is 5.27. The van der Waals surface area contributed by atoms with Crippen LogP contribution in [0.15, 0.2) is 141 Å². The smallest absolute Gasteiger partial charge is 0.118 e. The number of hydrogen-bond donors (Lipinski definition) is 0. The number of ether oxygens (including phenoxy) is 7. The molecular weight excluding hydrogens is 604 g/mol. The Labute approximate surface area is 284 Å². The molecular formula is C41H46O7. The third kappa shape index (κ3) is 9.97. The van der Waals surface area contributed by atoms with Crippen LogP contribution in [-0.2, 0) is 54.8 Å². The Kier molecular flexibility index (Phi) is 14.0. The van der Waals surface area contributed by atoms with Crippen molar-refractivity contribution in [3.8, 4) is 5.75 Å². The molecule has 0 unspecified atom stereocenters. The predicted molar refractivity (Wildman–Crippen MR) is 187 cm³/mol. The third-order valence-electron chi connectivity index (χ3n) is 8.21. The Morgan fingerprint density at radius 1 is 0.417 bits per heavy atom. The molecule has 1 aliphatic carbocycles. The summed E-state index contributed by atoms with van der Waals surface area (Å²) in [6.45, 7) is 9.77. The van der Waals surface area contributed by atoms with Crippen molar-refractivity contribution in [2.75, 3.05) is 20.3 Å². The Morgan fingerprint density at radius 3 is 1.00 bits per heavy atom. The molecule has 0 N–H and O–H groups in total. The first-order valence-corrected chi connectivity index (χ1v) is 16.4. The van der Waals surface area contributed by atoms with Gasteiger partial charge in [-0.05, 0) is 34.4 Å². The normalized spacial score (nSPS) is 22.2. The van der Waals surface area contributed by atoms with E-state index in [0.717, 1.165) is 28.0 Å². The SMILES string of the molecule is C=CCO[C@@H]1[C@@H](OCc2ccc(OC)cc2)[C@H](OCc2ccccc2)[C@@H](OCC=C)[C@H](OCc2ccccc2)[C@@H]1OCc1ccccc1. The Bertz CT molecular complexity index is 1480. The van der Waals surface area contributed by atoms with E-state index in [-0.39, 0.29) is 13.2 Å². The van der Waals surface area contributed by atoms with Gasteiger partial charge in [-0.15, -0.1) is 13.2 Å². The lowest BCUT2D eigenvalue weighted by Gasteiger charge is -2.49. The highest BCUT2D eigenvalue weighted by Crippen LogP contribution is 2.36. The molecule has 1 saturated carbocycles. The fourth-order valence-electron chi connectivity index (χ4n) is 5.83. The van der Waals surface area contributed by atoms with Gasteiger partial charge in [0.25, 0.3) is 0 Å². The largest absolute Gasteiger partial charge is 0.497 e. The second kappa shape index (κ2) is 19.1. The number of benzene rings is 4. The van der Waals surface area contributed by atoms with Crippen LogP contribution < -0.4 is 4.74 Å². The maximum atomic E-state index is 6.79. The highest BCUT2D eigenvalue weighted by atomic mass is 16.6. The molecule has 7 nitrogen and oxygen atoms in total. The zero-order valence-corrected chi connectivity index (χ0v) is 27.6. The average molecular weight is 651 g/mol. The zero-order chi connectivity index (χ0) is 33.4. The van der Waals surface area contributed by atoms with E-state index < -0.39 is 36.6 Å². The molecule has 4 aromatic rings. The maximum Gasteiger partial charge on any atom is 0.118 e. The molecule has 7 heteroatoms. The third-order valence-corrected chi connectivity index (χ3v) is 8.21. The molecule has 0 radical (unpaired) electrons. The van der Waals surface area contributed by atoms with E-state index in [0.29, 0.717) is 26.4 Å². The predicted octanol–water partition coefficient (Wildman–Crippen LogP) is 7.49. The highest BCUT2D eigenvalue weighted by Gasteiger charge is 2.55. The van der Waals surface area contributed by atoms with Gasteiger partial charge in [0.05, 0.1) is 46.8 Å². The van der Waals surface area contributed by atoms with Gasteiger partial charge in [-0.2, -0.15) is 0 Å². The fraction of sp³-hybridized carbons (Fsp3) is 0.317. The summed E-state index contributed by atoms with van der Waals surface area (Å²) in [6.07, 6.45) is -0.0504. The first-order chi connectivity index (χ1) is 23.7. The summed E-state index contributed by atoms with van der Waals surface area (Å²) >= 11 is 0. The van der Waals surface area contributed by atoms with Crippen LogP contribution in [0.5, 0.6) is 5.75 Å². The minimum Gasteiger partial charge on any atom is -0.497 e. The van der Waals surface area contributed by atoms with Crippen LogP contribution in [0.4, 0.5) is 0 Å². The van der Waals surface area contributed by atoms with Crippen LogP contribution in [0, 0.1) is 0 Å². The van der Waals surface area contributed by atoms with Crippen LogP contribution in [-0.4, -0.2) is 56.9 Å². The van der Waals surface area contributed by atoms with E-state index >= 15 is 0 Å². The van der Waals surface area contributed by atoms with Crippen molar-refractivity contribution >= 4 is 0 Å². The van der Waals surface area contributed by atoms with Crippen molar-refractivity contribution in [1.82, 2.24) is 0 Å². The first kappa shape index (κ1) is 35.2. The molecule has 0 spiro atoms. The van der Waals surface area contributed by atoms with E-state index in [1.54, 1.807) is 19.3 Å². The van der Waals surface area contributed by atoms with Crippen LogP contribution in [0.1, 0.15) is 22.3 Å². The van der Waals surface area contributed by atoms with Crippen molar-refractivity contribution in [3.05, 3.63) is 163 Å². The van der Waals surface area contributed by atoms with E-state index in [4.69, 9.17) is 33.2 Å². The minimum atomic E-state index is -0.595. The quantitative estimate of drug-likeness (QED) is 0.0975. The molecule has 0 saturated heterocycles. The summed E-state index contributed by atoms with van der Waals surface area (Å²) in [5.74, 6) is 0.776. The average Bonchev–Trinajstić information content (AvgIpc) is 3.14. The summed E-state index contributed by atoms with van der Waals surface area (Å²) in [6, 6.07) is 38.0. The van der Waals surface area contributed by atoms with Gasteiger partial charge in [0.2, 0.25) is 0 Å². The molecule has 1 aliphatic rings. The van der Waals surface area contributed by atoms with E-state index in [9.17, 15) is 0 Å². The molecule has 0 heterocycles. The molecule has 1 fully saturated rings. The van der Waals surface area contributed by atoms with E-state index in [1.165, 1.54) is 0 Å². The molecule has 6 atom stereocenters. The molecule has 252 valence electrons. The van der Waals surface area contributed by atoms with Gasteiger partial charge in [-0.3, -0.25) is 0 Å². The van der Waals surface area contributed by atoms with Gasteiger partial charge in [-0.1, -0.05) is 115 Å². The molecule has 0 bridgehead atoms. The monoisotopic (exact) mass is 650 g/mol. The zero-order valence-electron chi connectivity index (χ0n) is 27.6. The lowest BCUT2D eigenvalue weighted by molar-refractivity contribution is -0.286. The van der Waals surface area contributed by atoms with Gasteiger partial charge in [0, 0.05) is 0 Å². The molecule has 5 rings (SSSR count). The van der Waals surface area contributed by atoms with E-state index in [1.807, 2.05) is 115 Å². The number of methoxy groups -OCH3 is 1. The number of hydrogen-bond acceptors (Lipinski definition) is 7. The van der Waals surface area contributed by atoms with Crippen molar-refractivity contribution in [2.45, 2.75) is 63.1 Å². The van der Waals surface area contributed by atoms with Crippen LogP contribution >= 0.6 is 0 Å².